The molecule has 0 fully saturated rings. The molecule has 0 aliphatic carbocycles. The molecule has 4 rings (SSSR count). The first-order chi connectivity index (χ1) is 9.36. The van der Waals surface area contributed by atoms with Crippen molar-refractivity contribution in [1.82, 2.24) is 15.0 Å². The van der Waals surface area contributed by atoms with Crippen molar-refractivity contribution in [2.75, 3.05) is 0 Å². The minimum Gasteiger partial charge on any atom is -0.338 e. The number of rotatable bonds is 1. The number of nitrogens with one attached hydrogen (secondary N) is 1. The van der Waals surface area contributed by atoms with Crippen LogP contribution < -0.4 is 0 Å². The molecule has 90 valence electrons. The second-order valence-corrected chi connectivity index (χ2v) is 4.42. The first-order valence-corrected chi connectivity index (χ1v) is 5.99. The number of hydrogen-bond acceptors (Lipinski definition) is 3. The molecular formula is C15H9N3O. The standard InChI is InChI=1S/C15H9N3O/c19-8-9-4-3-7-12-13(9)18-14-10-5-1-2-6-11(10)16-15(14)17-12/h1-8H,(H,16,17). The van der Waals surface area contributed by atoms with Gasteiger partial charge in [0, 0.05) is 16.5 Å². The first kappa shape index (κ1) is 10.2. The highest BCUT2D eigenvalue weighted by Crippen LogP contribution is 2.25. The summed E-state index contributed by atoms with van der Waals surface area (Å²) in [6.45, 7) is 0. The van der Waals surface area contributed by atoms with Crippen molar-refractivity contribution in [2.45, 2.75) is 0 Å². The Morgan fingerprint density at radius 3 is 2.74 bits per heavy atom. The van der Waals surface area contributed by atoms with Crippen molar-refractivity contribution in [3.63, 3.8) is 0 Å². The molecule has 4 heteroatoms. The lowest BCUT2D eigenvalue weighted by atomic mass is 10.2. The van der Waals surface area contributed by atoms with Gasteiger partial charge in [0.2, 0.25) is 0 Å². The van der Waals surface area contributed by atoms with E-state index in [0.29, 0.717) is 11.1 Å². The molecule has 0 saturated carbocycles. The summed E-state index contributed by atoms with van der Waals surface area (Å²) in [6.07, 6.45) is 0.817. The summed E-state index contributed by atoms with van der Waals surface area (Å²) in [5.41, 5.74) is 4.49. The van der Waals surface area contributed by atoms with Gasteiger partial charge in [-0.15, -0.1) is 0 Å². The fraction of sp³-hybridized carbons (Fsp3) is 0. The van der Waals surface area contributed by atoms with E-state index in [-0.39, 0.29) is 0 Å². The molecule has 0 bridgehead atoms. The molecule has 0 radical (unpaired) electrons. The van der Waals surface area contributed by atoms with Crippen LogP contribution in [0.1, 0.15) is 10.4 Å². The number of fused-ring (bicyclic) bond motifs is 4. The number of aldehydes is 1. The van der Waals surface area contributed by atoms with Crippen LogP contribution in [-0.4, -0.2) is 21.2 Å². The normalized spacial score (nSPS) is 11.4. The maximum atomic E-state index is 11.1. The molecule has 0 aliphatic heterocycles. The first-order valence-electron chi connectivity index (χ1n) is 5.99. The van der Waals surface area contributed by atoms with Gasteiger partial charge >= 0.3 is 0 Å². The van der Waals surface area contributed by atoms with Crippen LogP contribution in [0.4, 0.5) is 0 Å². The Kier molecular flexibility index (Phi) is 1.94. The number of H-pyrrole nitrogens is 1. The predicted octanol–water partition coefficient (Wildman–Crippen LogP) is 3.08. The number of para-hydroxylation sites is 2. The molecule has 4 aromatic rings. The molecule has 0 aliphatic rings. The van der Waals surface area contributed by atoms with Gasteiger partial charge in [-0.05, 0) is 18.2 Å². The van der Waals surface area contributed by atoms with Crippen LogP contribution in [0.3, 0.4) is 0 Å². The minimum absolute atomic E-state index is 0.567. The lowest BCUT2D eigenvalue weighted by Crippen LogP contribution is -1.90. The Bertz CT molecular complexity index is 940. The zero-order valence-electron chi connectivity index (χ0n) is 9.92. The fourth-order valence-corrected chi connectivity index (χ4v) is 2.40. The molecule has 0 unspecified atom stereocenters. The Labute approximate surface area is 108 Å². The van der Waals surface area contributed by atoms with Crippen LogP contribution in [0.5, 0.6) is 0 Å². The minimum atomic E-state index is 0.567. The predicted molar refractivity (Wildman–Crippen MR) is 74.3 cm³/mol. The van der Waals surface area contributed by atoms with Gasteiger partial charge in [0.05, 0.1) is 5.52 Å². The molecular weight excluding hydrogens is 238 g/mol. The van der Waals surface area contributed by atoms with Crippen LogP contribution in [0.25, 0.3) is 33.1 Å². The van der Waals surface area contributed by atoms with E-state index < -0.39 is 0 Å². The van der Waals surface area contributed by atoms with E-state index in [9.17, 15) is 4.79 Å². The van der Waals surface area contributed by atoms with Crippen LogP contribution in [-0.2, 0) is 0 Å². The zero-order valence-corrected chi connectivity index (χ0v) is 9.92. The molecule has 4 nitrogen and oxygen atoms in total. The highest BCUT2D eigenvalue weighted by atomic mass is 16.1. The van der Waals surface area contributed by atoms with Gasteiger partial charge in [0.25, 0.3) is 0 Å². The van der Waals surface area contributed by atoms with E-state index in [2.05, 4.69) is 15.0 Å². The van der Waals surface area contributed by atoms with Crippen LogP contribution in [0, 0.1) is 0 Å². The lowest BCUT2D eigenvalue weighted by molar-refractivity contribution is 0.112. The van der Waals surface area contributed by atoms with Gasteiger partial charge in [-0.2, -0.15) is 0 Å². The second kappa shape index (κ2) is 3.62. The van der Waals surface area contributed by atoms with Gasteiger partial charge in [-0.1, -0.05) is 24.3 Å². The largest absolute Gasteiger partial charge is 0.338 e. The Hall–Kier alpha value is -2.75. The average Bonchev–Trinajstić information content (AvgIpc) is 2.82. The zero-order chi connectivity index (χ0) is 12.8. The average molecular weight is 247 g/mol. The maximum absolute atomic E-state index is 11.1. The number of benzene rings is 2. The summed E-state index contributed by atoms with van der Waals surface area (Å²) >= 11 is 0. The van der Waals surface area contributed by atoms with Gasteiger partial charge in [-0.3, -0.25) is 4.79 Å². The highest BCUT2D eigenvalue weighted by molar-refractivity contribution is 6.07. The summed E-state index contributed by atoms with van der Waals surface area (Å²) in [6, 6.07) is 13.4. The molecule has 19 heavy (non-hydrogen) atoms. The SMILES string of the molecule is O=Cc1cccc2nc3[nH]c4ccccc4c3nc12. The molecule has 1 N–H and O–H groups in total. The second-order valence-electron chi connectivity index (χ2n) is 4.42. The van der Waals surface area contributed by atoms with Crippen molar-refractivity contribution >= 4 is 39.4 Å². The Morgan fingerprint density at radius 2 is 1.84 bits per heavy atom. The van der Waals surface area contributed by atoms with E-state index >= 15 is 0 Å². The Balaban J connectivity index is 2.25. The molecule has 0 spiro atoms. The third-order valence-electron chi connectivity index (χ3n) is 3.29. The number of nitrogens with zero attached hydrogens (tertiary/aromatic N) is 2. The molecule has 0 atom stereocenters. The number of aromatic nitrogens is 3. The molecule has 0 amide bonds. The summed E-state index contributed by atoms with van der Waals surface area (Å²) in [4.78, 5) is 23.5. The third-order valence-corrected chi connectivity index (χ3v) is 3.29. The monoisotopic (exact) mass is 247 g/mol. The molecule has 2 heterocycles. The molecule has 0 saturated heterocycles. The van der Waals surface area contributed by atoms with Gasteiger partial charge in [-0.25, -0.2) is 9.97 Å². The Morgan fingerprint density at radius 1 is 0.947 bits per heavy atom. The number of carbonyl (C=O) groups excluding carboxylic acids is 1. The molecule has 2 aromatic heterocycles. The summed E-state index contributed by atoms with van der Waals surface area (Å²) in [5, 5.41) is 1.02. The highest BCUT2D eigenvalue weighted by Gasteiger charge is 2.10. The van der Waals surface area contributed by atoms with E-state index in [1.165, 1.54) is 0 Å². The quantitative estimate of drug-likeness (QED) is 0.526. The number of hydrogen-bond donors (Lipinski definition) is 1. The molecule has 2 aromatic carbocycles. The smallest absolute Gasteiger partial charge is 0.157 e. The summed E-state index contributed by atoms with van der Waals surface area (Å²) in [5.74, 6) is 0. The van der Waals surface area contributed by atoms with Crippen molar-refractivity contribution in [1.29, 1.82) is 0 Å². The van der Waals surface area contributed by atoms with Crippen molar-refractivity contribution in [2.24, 2.45) is 0 Å². The van der Waals surface area contributed by atoms with E-state index in [4.69, 9.17) is 0 Å². The van der Waals surface area contributed by atoms with Gasteiger partial charge < -0.3 is 4.98 Å². The van der Waals surface area contributed by atoms with Crippen LogP contribution in [0.2, 0.25) is 0 Å². The lowest BCUT2D eigenvalue weighted by Gasteiger charge is -1.99. The fourth-order valence-electron chi connectivity index (χ4n) is 2.40. The van der Waals surface area contributed by atoms with E-state index in [1.807, 2.05) is 36.4 Å². The van der Waals surface area contributed by atoms with Crippen molar-refractivity contribution in [3.05, 3.63) is 48.0 Å². The van der Waals surface area contributed by atoms with Gasteiger partial charge in [0.1, 0.15) is 11.0 Å². The van der Waals surface area contributed by atoms with E-state index in [1.54, 1.807) is 6.07 Å². The maximum Gasteiger partial charge on any atom is 0.157 e. The van der Waals surface area contributed by atoms with Gasteiger partial charge in [0.15, 0.2) is 11.9 Å². The van der Waals surface area contributed by atoms with E-state index in [0.717, 1.165) is 33.9 Å². The summed E-state index contributed by atoms with van der Waals surface area (Å²) < 4.78 is 0. The summed E-state index contributed by atoms with van der Waals surface area (Å²) in [7, 11) is 0. The third kappa shape index (κ3) is 1.37. The van der Waals surface area contributed by atoms with Crippen molar-refractivity contribution < 1.29 is 4.79 Å². The van der Waals surface area contributed by atoms with Crippen molar-refractivity contribution in [3.8, 4) is 0 Å². The van der Waals surface area contributed by atoms with Crippen LogP contribution in [0.15, 0.2) is 42.5 Å². The van der Waals surface area contributed by atoms with Crippen LogP contribution >= 0.6 is 0 Å². The topological polar surface area (TPSA) is 58.6 Å². The number of carbonyl (C=O) groups is 1. The number of aromatic amines is 1.